The van der Waals surface area contributed by atoms with E-state index in [1.165, 1.54) is 0 Å². The van der Waals surface area contributed by atoms with Crippen LogP contribution in [0.25, 0.3) is 0 Å². The largest absolute Gasteiger partial charge is 0.461 e. The number of halogens is 1. The summed E-state index contributed by atoms with van der Waals surface area (Å²) in [7, 11) is 0. The maximum atomic E-state index is 11.9. The van der Waals surface area contributed by atoms with Crippen LogP contribution in [-0.2, 0) is 23.8 Å². The lowest BCUT2D eigenvalue weighted by Gasteiger charge is -2.20. The highest BCUT2D eigenvalue weighted by atomic mass is 79.9. The van der Waals surface area contributed by atoms with Gasteiger partial charge in [0.25, 0.3) is 0 Å². The molecule has 6 heteroatoms. The number of fused-ring (bicyclic) bond motifs is 3. The number of hydrogen-bond donors (Lipinski definition) is 0. The van der Waals surface area contributed by atoms with Crippen LogP contribution in [-0.4, -0.2) is 41.7 Å². The summed E-state index contributed by atoms with van der Waals surface area (Å²) in [4.78, 5) is 23.2. The van der Waals surface area contributed by atoms with E-state index >= 15 is 0 Å². The van der Waals surface area contributed by atoms with Crippen LogP contribution in [0.2, 0.25) is 0 Å². The van der Waals surface area contributed by atoms with Gasteiger partial charge in [0.15, 0.2) is 0 Å². The second-order valence-electron chi connectivity index (χ2n) is 6.59. The van der Waals surface area contributed by atoms with Gasteiger partial charge in [0.2, 0.25) is 0 Å². The highest BCUT2D eigenvalue weighted by Crippen LogP contribution is 2.49. The monoisotopic (exact) mass is 384 g/mol. The van der Waals surface area contributed by atoms with Crippen molar-refractivity contribution >= 4 is 27.9 Å². The molecule has 2 saturated heterocycles. The number of alkyl halides is 1. The molecule has 126 valence electrons. The minimum atomic E-state index is -0.312. The van der Waals surface area contributed by atoms with Crippen molar-refractivity contribution in [1.29, 1.82) is 0 Å². The number of allylic oxidation sites excluding steroid dienone is 1. The Morgan fingerprint density at radius 2 is 2.35 bits per heavy atom. The van der Waals surface area contributed by atoms with Crippen molar-refractivity contribution in [3.05, 3.63) is 23.8 Å². The number of esters is 2. The fourth-order valence-electron chi connectivity index (χ4n) is 3.46. The van der Waals surface area contributed by atoms with Crippen molar-refractivity contribution in [3.63, 3.8) is 0 Å². The zero-order chi connectivity index (χ0) is 16.6. The van der Waals surface area contributed by atoms with E-state index in [1.54, 1.807) is 0 Å². The molecule has 0 radical (unpaired) electrons. The van der Waals surface area contributed by atoms with Crippen LogP contribution in [0.15, 0.2) is 23.8 Å². The van der Waals surface area contributed by atoms with Gasteiger partial charge in [0, 0.05) is 11.5 Å². The first-order valence-corrected chi connectivity index (χ1v) is 9.04. The molecule has 0 unspecified atom stereocenters. The molecule has 0 amide bonds. The van der Waals surface area contributed by atoms with Gasteiger partial charge in [-0.1, -0.05) is 28.6 Å². The Kier molecular flexibility index (Phi) is 4.65. The lowest BCUT2D eigenvalue weighted by molar-refractivity contribution is -0.140. The molecule has 0 bridgehead atoms. The zero-order valence-corrected chi connectivity index (χ0v) is 14.8. The number of epoxide rings is 1. The molecule has 4 atom stereocenters. The Morgan fingerprint density at radius 3 is 3.09 bits per heavy atom. The maximum absolute atomic E-state index is 11.9. The lowest BCUT2D eigenvalue weighted by atomic mass is 9.84. The first kappa shape index (κ1) is 16.7. The average molecular weight is 385 g/mol. The standard InChI is InChI=1S/C17H21BrO5/c1-10-12-6-5-11(9-21-13(19)8-18)4-3-7-17(2)15(23-17)14(12)22-16(10)20/h4,12,14-15H,1,3,5-9H2,2H3/b11-4+/t12-,14-,15+,17+/m0/s1. The summed E-state index contributed by atoms with van der Waals surface area (Å²) in [5.41, 5.74) is 1.37. The third-order valence-corrected chi connectivity index (χ3v) is 5.42. The molecular formula is C17H21BrO5. The van der Waals surface area contributed by atoms with E-state index in [-0.39, 0.29) is 41.0 Å². The molecule has 5 nitrogen and oxygen atoms in total. The van der Waals surface area contributed by atoms with Gasteiger partial charge < -0.3 is 14.2 Å². The molecule has 0 N–H and O–H groups in total. The quantitative estimate of drug-likeness (QED) is 0.246. The molecule has 0 saturated carbocycles. The molecule has 23 heavy (non-hydrogen) atoms. The summed E-state index contributed by atoms with van der Waals surface area (Å²) >= 11 is 3.09. The van der Waals surface area contributed by atoms with Crippen LogP contribution < -0.4 is 0 Å². The topological polar surface area (TPSA) is 65.1 Å². The molecule has 0 aromatic heterocycles. The molecule has 0 spiro atoms. The van der Waals surface area contributed by atoms with Crippen molar-refractivity contribution in [2.24, 2.45) is 5.92 Å². The number of carbonyl (C=O) groups excluding carboxylic acids is 2. The van der Waals surface area contributed by atoms with E-state index in [2.05, 4.69) is 35.5 Å². The summed E-state index contributed by atoms with van der Waals surface area (Å²) in [6.07, 6.45) is 5.10. The number of ether oxygens (including phenoxy) is 3. The number of rotatable bonds is 3. The third-order valence-electron chi connectivity index (χ3n) is 4.97. The number of hydrogen-bond acceptors (Lipinski definition) is 5. The van der Waals surface area contributed by atoms with Gasteiger partial charge in [0.05, 0.1) is 5.60 Å². The van der Waals surface area contributed by atoms with Crippen LogP contribution in [0, 0.1) is 5.92 Å². The summed E-state index contributed by atoms with van der Waals surface area (Å²) < 4.78 is 16.6. The van der Waals surface area contributed by atoms with Gasteiger partial charge in [-0.3, -0.25) is 4.79 Å². The van der Waals surface area contributed by atoms with Crippen molar-refractivity contribution in [2.75, 3.05) is 11.9 Å². The van der Waals surface area contributed by atoms with Gasteiger partial charge in [-0.05, 0) is 38.2 Å². The Hall–Kier alpha value is -1.14. The Bertz CT molecular complexity index is 569. The van der Waals surface area contributed by atoms with Gasteiger partial charge >= 0.3 is 11.9 Å². The van der Waals surface area contributed by atoms with Crippen molar-refractivity contribution in [1.82, 2.24) is 0 Å². The second kappa shape index (κ2) is 6.40. The van der Waals surface area contributed by atoms with Crippen LogP contribution in [0.1, 0.15) is 32.6 Å². The molecule has 3 aliphatic rings. The predicted octanol–water partition coefficient (Wildman–Crippen LogP) is 2.68. The minimum absolute atomic E-state index is 0.0253. The fourth-order valence-corrected chi connectivity index (χ4v) is 3.62. The molecule has 0 aromatic carbocycles. The minimum Gasteiger partial charge on any atom is -0.461 e. The normalized spacial score (nSPS) is 38.7. The summed E-state index contributed by atoms with van der Waals surface area (Å²) in [5.74, 6) is -0.613. The molecule has 2 heterocycles. The van der Waals surface area contributed by atoms with Gasteiger partial charge in [-0.15, -0.1) is 0 Å². The van der Waals surface area contributed by atoms with Crippen LogP contribution in [0.3, 0.4) is 0 Å². The molecule has 3 rings (SSSR count). The SMILES string of the molecule is C=C1C(=O)O[C@@H]2[C@H]3O[C@]3(C)CC/C=C(/COC(=O)CBr)CC[C@@H]12. The highest BCUT2D eigenvalue weighted by Gasteiger charge is 2.61. The number of carbonyl (C=O) groups is 2. The summed E-state index contributed by atoms with van der Waals surface area (Å²) in [6, 6.07) is 0. The second-order valence-corrected chi connectivity index (χ2v) is 7.15. The summed E-state index contributed by atoms with van der Waals surface area (Å²) in [5, 5.41) is 0.192. The van der Waals surface area contributed by atoms with Crippen LogP contribution >= 0.6 is 15.9 Å². The van der Waals surface area contributed by atoms with Gasteiger partial charge in [0.1, 0.15) is 24.1 Å². The van der Waals surface area contributed by atoms with Crippen molar-refractivity contribution in [2.45, 2.75) is 50.4 Å². The molecule has 2 aliphatic heterocycles. The third kappa shape index (κ3) is 3.38. The highest BCUT2D eigenvalue weighted by molar-refractivity contribution is 9.09. The lowest BCUT2D eigenvalue weighted by Crippen LogP contribution is -2.29. The Balaban J connectivity index is 1.73. The van der Waals surface area contributed by atoms with E-state index in [0.717, 1.165) is 31.3 Å². The zero-order valence-electron chi connectivity index (χ0n) is 13.2. The molecule has 1 aliphatic carbocycles. The van der Waals surface area contributed by atoms with E-state index in [9.17, 15) is 9.59 Å². The maximum Gasteiger partial charge on any atom is 0.334 e. The fraction of sp³-hybridized carbons (Fsp3) is 0.647. The average Bonchev–Trinajstić information content (AvgIpc) is 3.12. The van der Waals surface area contributed by atoms with Gasteiger partial charge in [-0.25, -0.2) is 4.79 Å². The van der Waals surface area contributed by atoms with Crippen LogP contribution in [0.4, 0.5) is 0 Å². The van der Waals surface area contributed by atoms with Crippen molar-refractivity contribution < 1.29 is 23.8 Å². The van der Waals surface area contributed by atoms with Crippen molar-refractivity contribution in [3.8, 4) is 0 Å². The first-order chi connectivity index (χ1) is 10.9. The smallest absolute Gasteiger partial charge is 0.334 e. The molecular weight excluding hydrogens is 364 g/mol. The van der Waals surface area contributed by atoms with Gasteiger partial charge in [-0.2, -0.15) is 0 Å². The van der Waals surface area contributed by atoms with E-state index in [4.69, 9.17) is 14.2 Å². The van der Waals surface area contributed by atoms with E-state index in [1.807, 2.05) is 0 Å². The Morgan fingerprint density at radius 1 is 1.57 bits per heavy atom. The first-order valence-electron chi connectivity index (χ1n) is 7.91. The summed E-state index contributed by atoms with van der Waals surface area (Å²) in [6.45, 7) is 6.25. The predicted molar refractivity (Wildman–Crippen MR) is 87.1 cm³/mol. The van der Waals surface area contributed by atoms with E-state index < -0.39 is 0 Å². The van der Waals surface area contributed by atoms with Crippen LogP contribution in [0.5, 0.6) is 0 Å². The Labute approximate surface area is 144 Å². The van der Waals surface area contributed by atoms with E-state index in [0.29, 0.717) is 12.2 Å². The molecule has 0 aromatic rings. The molecule has 2 fully saturated rings.